The number of nitrogens with one attached hydrogen (secondary N) is 1. The summed E-state index contributed by atoms with van der Waals surface area (Å²) < 4.78 is 12.8. The van der Waals surface area contributed by atoms with Gasteiger partial charge >= 0.3 is 5.97 Å². The predicted molar refractivity (Wildman–Crippen MR) is 146 cm³/mol. The van der Waals surface area contributed by atoms with Gasteiger partial charge in [-0.15, -0.1) is 10.2 Å². The number of hydrazone groups is 1. The van der Waals surface area contributed by atoms with E-state index < -0.39 is 5.97 Å². The second kappa shape index (κ2) is 13.2. The van der Waals surface area contributed by atoms with Gasteiger partial charge in [-0.1, -0.05) is 36.9 Å². The number of carbonyl (C=O) groups excluding carboxylic acids is 2. The second-order valence-corrected chi connectivity index (χ2v) is 9.06. The molecule has 0 spiro atoms. The number of para-hydroxylation sites is 1. The Bertz CT molecular complexity index is 1390. The summed E-state index contributed by atoms with van der Waals surface area (Å²) in [4.78, 5) is 24.7. The lowest BCUT2D eigenvalue weighted by Crippen LogP contribution is -2.20. The molecule has 194 valence electrons. The van der Waals surface area contributed by atoms with Crippen LogP contribution in [0.3, 0.4) is 0 Å². The van der Waals surface area contributed by atoms with Crippen molar-refractivity contribution >= 4 is 29.9 Å². The quantitative estimate of drug-likeness (QED) is 0.0975. The summed E-state index contributed by atoms with van der Waals surface area (Å²) in [7, 11) is 0. The van der Waals surface area contributed by atoms with Crippen LogP contribution in [0.5, 0.6) is 11.5 Å². The molecule has 0 aliphatic rings. The van der Waals surface area contributed by atoms with Crippen LogP contribution < -0.4 is 14.9 Å². The first-order chi connectivity index (χ1) is 18.5. The Morgan fingerprint density at radius 2 is 1.68 bits per heavy atom. The lowest BCUT2D eigenvalue weighted by atomic mass is 10.2. The number of amides is 1. The van der Waals surface area contributed by atoms with Crippen molar-refractivity contribution < 1.29 is 19.1 Å². The molecule has 1 aromatic heterocycles. The number of nitrogens with zero attached hydrogens (tertiary/aromatic N) is 4. The van der Waals surface area contributed by atoms with Crippen LogP contribution in [-0.4, -0.2) is 45.2 Å². The number of esters is 1. The van der Waals surface area contributed by atoms with E-state index in [-0.39, 0.29) is 11.7 Å². The van der Waals surface area contributed by atoms with Gasteiger partial charge in [-0.05, 0) is 79.6 Å². The molecule has 0 radical (unpaired) electrons. The number of ether oxygens (including phenoxy) is 2. The zero-order valence-electron chi connectivity index (χ0n) is 21.0. The highest BCUT2D eigenvalue weighted by Gasteiger charge is 2.13. The fourth-order valence-corrected chi connectivity index (χ4v) is 4.14. The first-order valence-electron chi connectivity index (χ1n) is 12.0. The van der Waals surface area contributed by atoms with Crippen LogP contribution in [0.25, 0.3) is 5.69 Å². The Balaban J connectivity index is 1.25. The zero-order valence-corrected chi connectivity index (χ0v) is 21.9. The lowest BCUT2D eigenvalue weighted by Gasteiger charge is -2.07. The smallest absolute Gasteiger partial charge is 0.343 e. The number of hydrogen-bond donors (Lipinski definition) is 1. The van der Waals surface area contributed by atoms with Gasteiger partial charge in [0, 0.05) is 5.69 Å². The molecule has 0 saturated carbocycles. The van der Waals surface area contributed by atoms with Crippen LogP contribution in [0, 0.1) is 6.92 Å². The van der Waals surface area contributed by atoms with Crippen LogP contribution in [-0.2, 0) is 4.79 Å². The Morgan fingerprint density at radius 1 is 0.974 bits per heavy atom. The minimum absolute atomic E-state index is 0.128. The van der Waals surface area contributed by atoms with Crippen molar-refractivity contribution in [2.75, 3.05) is 12.4 Å². The van der Waals surface area contributed by atoms with Gasteiger partial charge in [0.25, 0.3) is 5.91 Å². The van der Waals surface area contributed by atoms with Gasteiger partial charge in [-0.3, -0.25) is 9.36 Å². The number of aryl methyl sites for hydroxylation is 1. The maximum absolute atomic E-state index is 12.4. The number of rotatable bonds is 11. The van der Waals surface area contributed by atoms with E-state index in [2.05, 4.69) is 20.7 Å². The molecule has 0 unspecified atom stereocenters. The molecule has 0 atom stereocenters. The molecule has 1 heterocycles. The van der Waals surface area contributed by atoms with Crippen LogP contribution >= 0.6 is 11.8 Å². The van der Waals surface area contributed by atoms with Crippen molar-refractivity contribution in [3.63, 3.8) is 0 Å². The molecule has 9 nitrogen and oxygen atoms in total. The Labute approximate surface area is 224 Å². The fraction of sp³-hybridized carbons (Fsp3) is 0.179. The molecular formula is C28H27N5O4S. The molecule has 0 aliphatic heterocycles. The molecule has 3 aromatic carbocycles. The lowest BCUT2D eigenvalue weighted by molar-refractivity contribution is -0.118. The van der Waals surface area contributed by atoms with Crippen molar-refractivity contribution in [1.29, 1.82) is 0 Å². The van der Waals surface area contributed by atoms with E-state index in [9.17, 15) is 9.59 Å². The fourth-order valence-electron chi connectivity index (χ4n) is 3.35. The number of aromatic nitrogens is 3. The highest BCUT2D eigenvalue weighted by Crippen LogP contribution is 2.21. The number of hydrogen-bond acceptors (Lipinski definition) is 8. The van der Waals surface area contributed by atoms with Crippen molar-refractivity contribution in [3.8, 4) is 17.2 Å². The minimum atomic E-state index is -0.462. The van der Waals surface area contributed by atoms with E-state index in [0.717, 1.165) is 23.5 Å². The third-order valence-electron chi connectivity index (χ3n) is 5.20. The van der Waals surface area contributed by atoms with Crippen molar-refractivity contribution in [2.24, 2.45) is 5.10 Å². The van der Waals surface area contributed by atoms with Crippen LogP contribution in [0.4, 0.5) is 0 Å². The van der Waals surface area contributed by atoms with E-state index in [1.807, 2.05) is 48.7 Å². The zero-order chi connectivity index (χ0) is 26.7. The predicted octanol–water partition coefficient (Wildman–Crippen LogP) is 4.83. The largest absolute Gasteiger partial charge is 0.494 e. The Kier molecular flexibility index (Phi) is 9.25. The van der Waals surface area contributed by atoms with Crippen molar-refractivity contribution in [3.05, 3.63) is 95.8 Å². The summed E-state index contributed by atoms with van der Waals surface area (Å²) in [5.41, 5.74) is 4.60. The van der Waals surface area contributed by atoms with E-state index in [1.165, 1.54) is 18.0 Å². The molecular weight excluding hydrogens is 502 g/mol. The summed E-state index contributed by atoms with van der Waals surface area (Å²) in [6.07, 6.45) is 2.43. The molecule has 10 heteroatoms. The van der Waals surface area contributed by atoms with E-state index in [1.54, 1.807) is 48.5 Å². The second-order valence-electron chi connectivity index (χ2n) is 8.11. The Hall–Kier alpha value is -4.44. The summed E-state index contributed by atoms with van der Waals surface area (Å²) >= 11 is 1.27. The topological polar surface area (TPSA) is 108 Å². The third kappa shape index (κ3) is 7.30. The molecule has 1 N–H and O–H groups in total. The van der Waals surface area contributed by atoms with Gasteiger partial charge in [0.1, 0.15) is 17.3 Å². The van der Waals surface area contributed by atoms with Crippen LogP contribution in [0.1, 0.15) is 35.1 Å². The molecule has 4 rings (SSSR count). The number of benzene rings is 3. The molecule has 38 heavy (non-hydrogen) atoms. The molecule has 0 fully saturated rings. The van der Waals surface area contributed by atoms with Crippen molar-refractivity contribution in [1.82, 2.24) is 20.2 Å². The molecule has 0 saturated heterocycles. The third-order valence-corrected chi connectivity index (χ3v) is 6.13. The van der Waals surface area contributed by atoms with Gasteiger partial charge in [0.05, 0.1) is 24.1 Å². The highest BCUT2D eigenvalue weighted by atomic mass is 32.2. The molecule has 1 amide bonds. The minimum Gasteiger partial charge on any atom is -0.494 e. The van der Waals surface area contributed by atoms with Crippen LogP contribution in [0.15, 0.2) is 89.1 Å². The maximum atomic E-state index is 12.4. The molecule has 0 aliphatic carbocycles. The van der Waals surface area contributed by atoms with Gasteiger partial charge < -0.3 is 9.47 Å². The average molecular weight is 530 g/mol. The SMILES string of the molecule is CCCOc1ccc(C(=O)Oc2ccc(/C=N\NC(=O)CSc3nnc(C)n3-c3ccccc3)cc2)cc1. The standard InChI is InChI=1S/C28H27N5O4S/c1-3-17-36-24-15-11-22(12-16-24)27(35)37-25-13-9-21(10-14-25)18-29-31-26(34)19-38-28-32-30-20(2)33(28)23-7-5-4-6-8-23/h4-16,18H,3,17,19H2,1-2H3,(H,31,34)/b29-18-. The first kappa shape index (κ1) is 26.6. The van der Waals surface area contributed by atoms with E-state index in [0.29, 0.717) is 28.8 Å². The Morgan fingerprint density at radius 3 is 2.39 bits per heavy atom. The number of carbonyl (C=O) groups is 2. The van der Waals surface area contributed by atoms with Gasteiger partial charge in [-0.25, -0.2) is 10.2 Å². The van der Waals surface area contributed by atoms with Crippen molar-refractivity contribution in [2.45, 2.75) is 25.4 Å². The van der Waals surface area contributed by atoms with E-state index >= 15 is 0 Å². The highest BCUT2D eigenvalue weighted by molar-refractivity contribution is 7.99. The summed E-state index contributed by atoms with van der Waals surface area (Å²) in [5, 5.41) is 12.9. The van der Waals surface area contributed by atoms with Crippen LogP contribution in [0.2, 0.25) is 0 Å². The van der Waals surface area contributed by atoms with E-state index in [4.69, 9.17) is 9.47 Å². The summed E-state index contributed by atoms with van der Waals surface area (Å²) in [6, 6.07) is 23.3. The number of thioether (sulfide) groups is 1. The maximum Gasteiger partial charge on any atom is 0.343 e. The average Bonchev–Trinajstić information content (AvgIpc) is 3.32. The normalized spacial score (nSPS) is 10.9. The molecule has 4 aromatic rings. The summed E-state index contributed by atoms with van der Waals surface area (Å²) in [5.74, 6) is 1.24. The summed E-state index contributed by atoms with van der Waals surface area (Å²) in [6.45, 7) is 4.52. The molecule has 0 bridgehead atoms. The van der Waals surface area contributed by atoms with Gasteiger partial charge in [0.2, 0.25) is 0 Å². The monoisotopic (exact) mass is 529 g/mol. The van der Waals surface area contributed by atoms with Gasteiger partial charge in [0.15, 0.2) is 5.16 Å². The first-order valence-corrected chi connectivity index (χ1v) is 13.0. The van der Waals surface area contributed by atoms with Gasteiger partial charge in [-0.2, -0.15) is 5.10 Å².